The number of para-hydroxylation sites is 1. The monoisotopic (exact) mass is 483 g/mol. The number of benzene rings is 2. The van der Waals surface area contributed by atoms with Crippen molar-refractivity contribution in [1.82, 2.24) is 9.62 Å². The summed E-state index contributed by atoms with van der Waals surface area (Å²) in [7, 11) is -3.64. The fourth-order valence-corrected chi connectivity index (χ4v) is 5.86. The normalized spacial score (nSPS) is 17.9. The molecule has 0 aliphatic carbocycles. The van der Waals surface area contributed by atoms with Crippen LogP contribution in [0.15, 0.2) is 47.4 Å². The van der Waals surface area contributed by atoms with Crippen LogP contribution in [0.4, 0.5) is 0 Å². The first kappa shape index (κ1) is 24.0. The first-order valence-electron chi connectivity index (χ1n) is 11.4. The van der Waals surface area contributed by atoms with Gasteiger partial charge in [0, 0.05) is 31.0 Å². The van der Waals surface area contributed by atoms with Crippen molar-refractivity contribution in [3.63, 3.8) is 0 Å². The van der Waals surface area contributed by atoms with Crippen LogP contribution in [0.3, 0.4) is 0 Å². The predicted molar refractivity (Wildman–Crippen MR) is 126 cm³/mol. The van der Waals surface area contributed by atoms with Crippen molar-refractivity contribution in [3.8, 4) is 17.6 Å². The van der Waals surface area contributed by atoms with E-state index in [1.165, 1.54) is 28.6 Å². The van der Waals surface area contributed by atoms with E-state index in [4.69, 9.17) is 14.7 Å². The van der Waals surface area contributed by atoms with Crippen LogP contribution in [0.25, 0.3) is 0 Å². The Labute approximate surface area is 200 Å². The highest BCUT2D eigenvalue weighted by molar-refractivity contribution is 7.89. The smallest absolute Gasteiger partial charge is 0.243 e. The van der Waals surface area contributed by atoms with Crippen LogP contribution in [0.2, 0.25) is 0 Å². The number of nitrogens with zero attached hydrogens (tertiary/aromatic N) is 2. The molecular formula is C25H29N3O5S. The van der Waals surface area contributed by atoms with E-state index in [0.29, 0.717) is 37.3 Å². The van der Waals surface area contributed by atoms with Crippen molar-refractivity contribution in [3.05, 3.63) is 53.6 Å². The molecule has 1 fully saturated rings. The topological polar surface area (TPSA) is 109 Å². The summed E-state index contributed by atoms with van der Waals surface area (Å²) in [6, 6.07) is 13.7. The van der Waals surface area contributed by atoms with Gasteiger partial charge in [0.25, 0.3) is 0 Å². The van der Waals surface area contributed by atoms with Gasteiger partial charge in [-0.05, 0) is 57.0 Å². The lowest BCUT2D eigenvalue weighted by Gasteiger charge is -2.30. The molecule has 2 aromatic carbocycles. The molecule has 0 radical (unpaired) electrons. The van der Waals surface area contributed by atoms with Gasteiger partial charge in [0.05, 0.1) is 23.1 Å². The zero-order valence-electron chi connectivity index (χ0n) is 19.4. The molecule has 2 aromatic rings. The van der Waals surface area contributed by atoms with Crippen molar-refractivity contribution in [2.45, 2.75) is 43.6 Å². The number of ether oxygens (including phenoxy) is 2. The third-order valence-electron chi connectivity index (χ3n) is 6.16. The Morgan fingerprint density at radius 3 is 2.59 bits per heavy atom. The Kier molecular flexibility index (Phi) is 6.82. The van der Waals surface area contributed by atoms with Gasteiger partial charge in [0.2, 0.25) is 15.9 Å². The maximum Gasteiger partial charge on any atom is 0.243 e. The molecule has 1 saturated heterocycles. The molecule has 0 saturated carbocycles. The molecule has 1 N–H and O–H groups in total. The van der Waals surface area contributed by atoms with Crippen LogP contribution in [0.5, 0.6) is 11.5 Å². The number of fused-ring (bicyclic) bond motifs is 1. The van der Waals surface area contributed by atoms with E-state index >= 15 is 0 Å². The molecule has 0 atom stereocenters. The van der Waals surface area contributed by atoms with Crippen molar-refractivity contribution < 1.29 is 22.7 Å². The first-order chi connectivity index (χ1) is 16.2. The number of hydrogen-bond acceptors (Lipinski definition) is 6. The van der Waals surface area contributed by atoms with Crippen molar-refractivity contribution in [2.75, 3.05) is 26.2 Å². The molecule has 0 unspecified atom stereocenters. The Balaban J connectivity index is 1.23. The van der Waals surface area contributed by atoms with Crippen LogP contribution < -0.4 is 14.8 Å². The van der Waals surface area contributed by atoms with Gasteiger partial charge in [-0.2, -0.15) is 9.57 Å². The number of nitrogens with one attached hydrogen (secondary N) is 1. The average Bonchev–Trinajstić information content (AvgIpc) is 3.16. The number of nitriles is 1. The summed E-state index contributed by atoms with van der Waals surface area (Å²) < 4.78 is 39.0. The molecule has 1 amide bonds. The minimum absolute atomic E-state index is 0.0882. The number of carbonyl (C=O) groups excluding carboxylic acids is 1. The molecular weight excluding hydrogens is 454 g/mol. The van der Waals surface area contributed by atoms with Gasteiger partial charge >= 0.3 is 0 Å². The highest BCUT2D eigenvalue weighted by Gasteiger charge is 2.33. The molecule has 2 heterocycles. The van der Waals surface area contributed by atoms with Gasteiger partial charge in [0.15, 0.2) is 11.5 Å². The lowest BCUT2D eigenvalue weighted by atomic mass is 9.97. The summed E-state index contributed by atoms with van der Waals surface area (Å²) in [5.74, 6) is 1.13. The van der Waals surface area contributed by atoms with Crippen molar-refractivity contribution in [2.24, 2.45) is 5.92 Å². The lowest BCUT2D eigenvalue weighted by Crippen LogP contribution is -2.43. The third kappa shape index (κ3) is 5.18. The van der Waals surface area contributed by atoms with Crippen molar-refractivity contribution in [1.29, 1.82) is 5.26 Å². The quantitative estimate of drug-likeness (QED) is 0.607. The Hall–Kier alpha value is -3.09. The number of hydrogen-bond donors (Lipinski definition) is 1. The van der Waals surface area contributed by atoms with E-state index in [1.54, 1.807) is 0 Å². The number of sulfonamides is 1. The second-order valence-electron chi connectivity index (χ2n) is 9.24. The van der Waals surface area contributed by atoms with E-state index in [0.717, 1.165) is 17.7 Å². The van der Waals surface area contributed by atoms with Gasteiger partial charge in [-0.25, -0.2) is 8.42 Å². The Bertz CT molecular complexity index is 1190. The number of amides is 1. The van der Waals surface area contributed by atoms with Crippen LogP contribution in [-0.2, 0) is 21.2 Å². The number of piperidine rings is 1. The molecule has 180 valence electrons. The van der Waals surface area contributed by atoms with Crippen LogP contribution in [-0.4, -0.2) is 50.5 Å². The molecule has 9 heteroatoms. The van der Waals surface area contributed by atoms with Crippen LogP contribution >= 0.6 is 0 Å². The van der Waals surface area contributed by atoms with Gasteiger partial charge in [-0.15, -0.1) is 0 Å². The average molecular weight is 484 g/mol. The summed E-state index contributed by atoms with van der Waals surface area (Å²) in [5, 5.41) is 11.8. The van der Waals surface area contributed by atoms with E-state index < -0.39 is 10.0 Å². The molecule has 0 bridgehead atoms. The summed E-state index contributed by atoms with van der Waals surface area (Å²) in [6.07, 6.45) is 1.74. The molecule has 0 spiro atoms. The zero-order valence-corrected chi connectivity index (χ0v) is 20.2. The molecule has 34 heavy (non-hydrogen) atoms. The number of carbonyl (C=O) groups is 1. The summed E-state index contributed by atoms with van der Waals surface area (Å²) >= 11 is 0. The fourth-order valence-electron chi connectivity index (χ4n) is 4.39. The minimum Gasteiger partial charge on any atom is -0.488 e. The maximum atomic E-state index is 12.8. The van der Waals surface area contributed by atoms with Crippen molar-refractivity contribution >= 4 is 15.9 Å². The van der Waals surface area contributed by atoms with E-state index in [2.05, 4.69) is 5.32 Å². The first-order valence-corrected chi connectivity index (χ1v) is 12.9. The molecule has 2 aliphatic rings. The molecule has 8 nitrogen and oxygen atoms in total. The highest BCUT2D eigenvalue weighted by Crippen LogP contribution is 2.41. The fraction of sp³-hybridized carbons (Fsp3) is 0.440. The largest absolute Gasteiger partial charge is 0.488 e. The molecule has 2 aliphatic heterocycles. The minimum atomic E-state index is -3.64. The molecule has 0 aromatic heterocycles. The molecule has 4 rings (SSSR count). The lowest BCUT2D eigenvalue weighted by molar-refractivity contribution is -0.126. The van der Waals surface area contributed by atoms with Gasteiger partial charge in [0.1, 0.15) is 12.2 Å². The van der Waals surface area contributed by atoms with Gasteiger partial charge in [-0.3, -0.25) is 4.79 Å². The van der Waals surface area contributed by atoms with E-state index in [-0.39, 0.29) is 35.4 Å². The van der Waals surface area contributed by atoms with E-state index in [9.17, 15) is 13.2 Å². The van der Waals surface area contributed by atoms with Crippen LogP contribution in [0.1, 0.15) is 37.8 Å². The summed E-state index contributed by atoms with van der Waals surface area (Å²) in [4.78, 5) is 12.7. The second-order valence-corrected chi connectivity index (χ2v) is 11.2. The van der Waals surface area contributed by atoms with Gasteiger partial charge in [-0.1, -0.05) is 12.1 Å². The van der Waals surface area contributed by atoms with Crippen LogP contribution in [0, 0.1) is 17.2 Å². The highest BCUT2D eigenvalue weighted by atomic mass is 32.2. The maximum absolute atomic E-state index is 12.8. The Morgan fingerprint density at radius 1 is 1.21 bits per heavy atom. The summed E-state index contributed by atoms with van der Waals surface area (Å²) in [6.45, 7) is 5.31. The SMILES string of the molecule is CC1(C)Cc2cccc(OCCNC(=O)C3CCN(S(=O)(=O)c4ccc(C#N)cc4)CC3)c2O1. The summed E-state index contributed by atoms with van der Waals surface area (Å²) in [5.41, 5.74) is 1.28. The zero-order chi connectivity index (χ0) is 24.3. The predicted octanol–water partition coefficient (Wildman–Crippen LogP) is 2.87. The Morgan fingerprint density at radius 2 is 1.91 bits per heavy atom. The third-order valence-corrected chi connectivity index (χ3v) is 8.07. The number of rotatable bonds is 7. The van der Waals surface area contributed by atoms with E-state index in [1.807, 2.05) is 38.1 Å². The van der Waals surface area contributed by atoms with Gasteiger partial charge < -0.3 is 14.8 Å². The standard InChI is InChI=1S/C25H29N3O5S/c1-25(2)16-20-4-3-5-22(23(20)33-25)32-15-12-27-24(29)19-10-13-28(14-11-19)34(30,31)21-8-6-18(17-26)7-9-21/h3-9,19H,10-16H2,1-2H3,(H,27,29). The second kappa shape index (κ2) is 9.65.